The molecule has 0 radical (unpaired) electrons. The number of primary amides is 1. The third kappa shape index (κ3) is 7.07. The fourth-order valence-electron chi connectivity index (χ4n) is 1.46. The summed E-state index contributed by atoms with van der Waals surface area (Å²) in [7, 11) is 0. The number of para-hydroxylation sites is 1. The van der Waals surface area contributed by atoms with E-state index in [1.54, 1.807) is 24.3 Å². The van der Waals surface area contributed by atoms with Crippen molar-refractivity contribution in [3.05, 3.63) is 29.8 Å². The predicted octanol–water partition coefficient (Wildman–Crippen LogP) is -0.227. The molecule has 0 aliphatic carbocycles. The Labute approximate surface area is 134 Å². The molecular weight excluding hydrogens is 300 g/mol. The van der Waals surface area contributed by atoms with Gasteiger partial charge >= 0.3 is 11.8 Å². The maximum absolute atomic E-state index is 11.5. The Balaban J connectivity index is 2.59. The highest BCUT2D eigenvalue weighted by Crippen LogP contribution is 2.15. The lowest BCUT2D eigenvalue weighted by Gasteiger charge is -2.07. The number of hydrogen-bond acceptors (Lipinski definition) is 5. The highest BCUT2D eigenvalue weighted by atomic mass is 16.5. The van der Waals surface area contributed by atoms with Crippen LogP contribution in [-0.4, -0.2) is 37.1 Å². The molecule has 0 spiro atoms. The number of hydrazone groups is 1. The van der Waals surface area contributed by atoms with Gasteiger partial charge in [0.25, 0.3) is 5.91 Å². The van der Waals surface area contributed by atoms with Gasteiger partial charge < -0.3 is 15.8 Å². The first-order valence-corrected chi connectivity index (χ1v) is 7.01. The van der Waals surface area contributed by atoms with E-state index >= 15 is 0 Å². The quantitative estimate of drug-likeness (QED) is 0.365. The number of nitrogens with one attached hydrogen (secondary N) is 2. The van der Waals surface area contributed by atoms with Gasteiger partial charge in [-0.1, -0.05) is 26.0 Å². The zero-order valence-electron chi connectivity index (χ0n) is 13.0. The van der Waals surface area contributed by atoms with Crippen molar-refractivity contribution in [2.45, 2.75) is 13.8 Å². The number of amides is 3. The normalized spacial score (nSPS) is 10.6. The zero-order chi connectivity index (χ0) is 17.2. The summed E-state index contributed by atoms with van der Waals surface area (Å²) < 4.78 is 5.21. The molecule has 0 saturated carbocycles. The number of carbonyl (C=O) groups is 3. The average molecular weight is 320 g/mol. The van der Waals surface area contributed by atoms with E-state index in [0.29, 0.717) is 17.9 Å². The van der Waals surface area contributed by atoms with Gasteiger partial charge in [0.1, 0.15) is 5.75 Å². The Kier molecular flexibility index (Phi) is 7.25. The molecule has 8 nitrogen and oxygen atoms in total. The minimum atomic E-state index is -0.863. The van der Waals surface area contributed by atoms with Gasteiger partial charge in [0, 0.05) is 12.1 Å². The second-order valence-corrected chi connectivity index (χ2v) is 5.10. The Morgan fingerprint density at radius 2 is 1.96 bits per heavy atom. The van der Waals surface area contributed by atoms with E-state index in [9.17, 15) is 14.4 Å². The summed E-state index contributed by atoms with van der Waals surface area (Å²) in [5.74, 6) is -1.60. The summed E-state index contributed by atoms with van der Waals surface area (Å²) in [6.07, 6.45) is 1.31. The van der Waals surface area contributed by atoms with Crippen molar-refractivity contribution in [2.24, 2.45) is 16.8 Å². The Morgan fingerprint density at radius 3 is 2.61 bits per heavy atom. The number of benzene rings is 1. The molecular formula is C15H20N4O4. The summed E-state index contributed by atoms with van der Waals surface area (Å²) in [6.45, 7) is 3.97. The van der Waals surface area contributed by atoms with E-state index in [2.05, 4.69) is 15.8 Å². The van der Waals surface area contributed by atoms with Crippen molar-refractivity contribution >= 4 is 23.9 Å². The van der Waals surface area contributed by atoms with Crippen molar-refractivity contribution in [3.8, 4) is 5.75 Å². The van der Waals surface area contributed by atoms with Crippen molar-refractivity contribution in [3.63, 3.8) is 0 Å². The Hall–Kier alpha value is -2.90. The highest BCUT2D eigenvalue weighted by molar-refractivity contribution is 6.35. The number of nitrogens with zero attached hydrogens (tertiary/aromatic N) is 1. The van der Waals surface area contributed by atoms with Gasteiger partial charge in [-0.15, -0.1) is 0 Å². The van der Waals surface area contributed by atoms with E-state index in [1.807, 2.05) is 13.8 Å². The fraction of sp³-hybridized carbons (Fsp3) is 0.333. The summed E-state index contributed by atoms with van der Waals surface area (Å²) >= 11 is 0. The van der Waals surface area contributed by atoms with Crippen LogP contribution in [0.1, 0.15) is 19.4 Å². The van der Waals surface area contributed by atoms with Gasteiger partial charge in [-0.25, -0.2) is 5.43 Å². The number of carbonyl (C=O) groups excluding carboxylic acids is 3. The van der Waals surface area contributed by atoms with E-state index in [0.717, 1.165) is 0 Å². The first-order valence-electron chi connectivity index (χ1n) is 7.01. The van der Waals surface area contributed by atoms with Crippen LogP contribution >= 0.6 is 0 Å². The van der Waals surface area contributed by atoms with E-state index in [-0.39, 0.29) is 12.5 Å². The standard InChI is InChI=1S/C15H20N4O4/c1-10(2)7-17-14(21)15(22)19-18-8-11-5-3-4-6-12(11)23-9-13(16)20/h3-6,8,10H,7,9H2,1-2H3,(H2,16,20)(H,17,21)(H,19,22)/b18-8-. The van der Waals surface area contributed by atoms with Crippen molar-refractivity contribution in [1.29, 1.82) is 0 Å². The number of rotatable bonds is 7. The first-order chi connectivity index (χ1) is 10.9. The van der Waals surface area contributed by atoms with Crippen LogP contribution in [0, 0.1) is 5.92 Å². The minimum absolute atomic E-state index is 0.240. The topological polar surface area (TPSA) is 123 Å². The van der Waals surface area contributed by atoms with Crippen LogP contribution < -0.4 is 21.2 Å². The SMILES string of the molecule is CC(C)CNC(=O)C(=O)N/N=C\c1ccccc1OCC(N)=O. The van der Waals surface area contributed by atoms with E-state index in [4.69, 9.17) is 10.5 Å². The maximum atomic E-state index is 11.5. The highest BCUT2D eigenvalue weighted by Gasteiger charge is 2.12. The number of hydrogen-bond donors (Lipinski definition) is 3. The van der Waals surface area contributed by atoms with Gasteiger partial charge in [0.15, 0.2) is 6.61 Å². The Bertz CT molecular complexity index is 599. The lowest BCUT2D eigenvalue weighted by atomic mass is 10.2. The summed E-state index contributed by atoms with van der Waals surface area (Å²) in [5, 5.41) is 6.17. The fourth-order valence-corrected chi connectivity index (χ4v) is 1.46. The number of nitrogens with two attached hydrogens (primary N) is 1. The molecule has 0 fully saturated rings. The molecule has 0 aliphatic heterocycles. The molecule has 23 heavy (non-hydrogen) atoms. The second kappa shape index (κ2) is 9.19. The van der Waals surface area contributed by atoms with E-state index in [1.165, 1.54) is 6.21 Å². The molecule has 0 atom stereocenters. The lowest BCUT2D eigenvalue weighted by Crippen LogP contribution is -2.39. The van der Waals surface area contributed by atoms with Crippen LogP contribution in [0.5, 0.6) is 5.75 Å². The molecule has 3 amide bonds. The molecule has 8 heteroatoms. The predicted molar refractivity (Wildman–Crippen MR) is 84.7 cm³/mol. The first kappa shape index (κ1) is 18.1. The molecule has 1 aromatic carbocycles. The Morgan fingerprint density at radius 1 is 1.26 bits per heavy atom. The zero-order valence-corrected chi connectivity index (χ0v) is 13.0. The van der Waals surface area contributed by atoms with Crippen LogP contribution in [-0.2, 0) is 14.4 Å². The molecule has 0 heterocycles. The summed E-state index contributed by atoms with van der Waals surface area (Å²) in [6, 6.07) is 6.74. The second-order valence-electron chi connectivity index (χ2n) is 5.10. The monoisotopic (exact) mass is 320 g/mol. The van der Waals surface area contributed by atoms with Gasteiger partial charge in [-0.3, -0.25) is 14.4 Å². The molecule has 0 aliphatic rings. The third-order valence-corrected chi connectivity index (χ3v) is 2.54. The van der Waals surface area contributed by atoms with Crippen LogP contribution in [0.25, 0.3) is 0 Å². The number of ether oxygens (including phenoxy) is 1. The van der Waals surface area contributed by atoms with Gasteiger partial charge in [-0.2, -0.15) is 5.10 Å². The molecule has 1 aromatic rings. The summed E-state index contributed by atoms with van der Waals surface area (Å²) in [5.41, 5.74) is 7.66. The van der Waals surface area contributed by atoms with Crippen LogP contribution in [0.4, 0.5) is 0 Å². The maximum Gasteiger partial charge on any atom is 0.329 e. The minimum Gasteiger partial charge on any atom is -0.483 e. The average Bonchev–Trinajstić information content (AvgIpc) is 2.51. The van der Waals surface area contributed by atoms with Crippen molar-refractivity contribution in [2.75, 3.05) is 13.2 Å². The summed E-state index contributed by atoms with van der Waals surface area (Å²) in [4.78, 5) is 33.7. The van der Waals surface area contributed by atoms with Crippen molar-refractivity contribution in [1.82, 2.24) is 10.7 Å². The smallest absolute Gasteiger partial charge is 0.329 e. The van der Waals surface area contributed by atoms with Gasteiger partial charge in [0.05, 0.1) is 6.21 Å². The molecule has 0 bridgehead atoms. The largest absolute Gasteiger partial charge is 0.483 e. The lowest BCUT2D eigenvalue weighted by molar-refractivity contribution is -0.139. The molecule has 0 aromatic heterocycles. The van der Waals surface area contributed by atoms with Crippen molar-refractivity contribution < 1.29 is 19.1 Å². The molecule has 0 saturated heterocycles. The van der Waals surface area contributed by atoms with Gasteiger partial charge in [0.2, 0.25) is 0 Å². The third-order valence-electron chi connectivity index (χ3n) is 2.54. The molecule has 1 rings (SSSR count). The molecule has 4 N–H and O–H groups in total. The molecule has 0 unspecified atom stereocenters. The molecule has 124 valence electrons. The van der Waals surface area contributed by atoms with Gasteiger partial charge in [-0.05, 0) is 18.1 Å². The van der Waals surface area contributed by atoms with Crippen LogP contribution in [0.2, 0.25) is 0 Å². The van der Waals surface area contributed by atoms with E-state index < -0.39 is 17.7 Å². The van der Waals surface area contributed by atoms with Crippen LogP contribution in [0.3, 0.4) is 0 Å². The van der Waals surface area contributed by atoms with Crippen LogP contribution in [0.15, 0.2) is 29.4 Å².